The van der Waals surface area contributed by atoms with Crippen molar-refractivity contribution < 1.29 is 14.7 Å². The van der Waals surface area contributed by atoms with E-state index >= 15 is 0 Å². The van der Waals surface area contributed by atoms with E-state index in [9.17, 15) is 14.7 Å². The molecule has 1 atom stereocenters. The van der Waals surface area contributed by atoms with Gasteiger partial charge in [-0.05, 0) is 67.3 Å². The number of nitrogens with two attached hydrogens (primary N) is 1. The molecular formula is C25H29Cl2N3O3. The van der Waals surface area contributed by atoms with Crippen molar-refractivity contribution in [3.05, 3.63) is 57.6 Å². The molecule has 0 radical (unpaired) electrons. The Morgan fingerprint density at radius 3 is 2.12 bits per heavy atom. The molecule has 1 heterocycles. The SMILES string of the molecule is CC(C)(C)C1CCC(C(N)=O)(C2(c3c(Cl)cccc3Cl)Nc3ccc(C(=O)O)cc3N2)CC1. The number of fused-ring (bicyclic) bond motifs is 1. The highest BCUT2D eigenvalue weighted by atomic mass is 35.5. The van der Waals surface area contributed by atoms with Gasteiger partial charge in [-0.3, -0.25) is 4.79 Å². The number of halogens is 2. The third-order valence-corrected chi connectivity index (χ3v) is 8.13. The van der Waals surface area contributed by atoms with Crippen molar-refractivity contribution in [2.75, 3.05) is 10.6 Å². The highest BCUT2D eigenvalue weighted by Crippen LogP contribution is 2.59. The fraction of sp³-hybridized carbons (Fsp3) is 0.440. The molecule has 0 bridgehead atoms. The standard InChI is InChI=1S/C25H29Cl2N3O3/c1-23(2,3)15-9-11-24(12-10-15,22(28)33)25(20-16(26)5-4-6-17(20)27)29-18-8-7-14(21(31)32)13-19(18)30-25/h4-8,13,15,29-30H,9-12H2,1-3H3,(H2,28,33)(H,31,32). The van der Waals surface area contributed by atoms with Gasteiger partial charge in [-0.2, -0.15) is 0 Å². The molecule has 6 nitrogen and oxygen atoms in total. The number of carboxylic acid groups (broad SMARTS) is 1. The van der Waals surface area contributed by atoms with Crippen molar-refractivity contribution in [1.82, 2.24) is 0 Å². The summed E-state index contributed by atoms with van der Waals surface area (Å²) in [5, 5.41) is 17.2. The van der Waals surface area contributed by atoms with Crippen molar-refractivity contribution in [3.63, 3.8) is 0 Å². The second kappa shape index (κ2) is 8.10. The number of benzene rings is 2. The largest absolute Gasteiger partial charge is 0.478 e. The van der Waals surface area contributed by atoms with E-state index < -0.39 is 23.0 Å². The molecule has 1 aliphatic carbocycles. The first kappa shape index (κ1) is 23.7. The van der Waals surface area contributed by atoms with Crippen LogP contribution in [-0.4, -0.2) is 17.0 Å². The Balaban J connectivity index is 1.91. The quantitative estimate of drug-likeness (QED) is 0.415. The molecule has 5 N–H and O–H groups in total. The molecule has 0 aromatic heterocycles. The Hall–Kier alpha value is -2.44. The molecule has 1 saturated carbocycles. The van der Waals surface area contributed by atoms with Gasteiger partial charge in [0.2, 0.25) is 5.91 Å². The number of aromatic carboxylic acids is 1. The van der Waals surface area contributed by atoms with E-state index in [-0.39, 0.29) is 11.0 Å². The van der Waals surface area contributed by atoms with Crippen molar-refractivity contribution >= 4 is 46.5 Å². The summed E-state index contributed by atoms with van der Waals surface area (Å²) < 4.78 is 0. The zero-order valence-electron chi connectivity index (χ0n) is 19.0. The van der Waals surface area contributed by atoms with Crippen molar-refractivity contribution in [2.45, 2.75) is 52.1 Å². The Morgan fingerprint density at radius 2 is 1.61 bits per heavy atom. The topological polar surface area (TPSA) is 104 Å². The van der Waals surface area contributed by atoms with Crippen LogP contribution in [0.3, 0.4) is 0 Å². The molecule has 1 fully saturated rings. The zero-order chi connectivity index (χ0) is 24.2. The molecule has 8 heteroatoms. The molecule has 0 spiro atoms. The lowest BCUT2D eigenvalue weighted by atomic mass is 9.57. The number of carbonyl (C=O) groups excluding carboxylic acids is 1. The summed E-state index contributed by atoms with van der Waals surface area (Å²) in [6, 6.07) is 9.97. The van der Waals surface area contributed by atoms with Gasteiger partial charge in [0.15, 0.2) is 5.66 Å². The number of hydrogen-bond acceptors (Lipinski definition) is 4. The number of carbonyl (C=O) groups is 2. The Bertz CT molecular complexity index is 1100. The van der Waals surface area contributed by atoms with Crippen molar-refractivity contribution in [3.8, 4) is 0 Å². The van der Waals surface area contributed by atoms with Crippen LogP contribution >= 0.6 is 23.2 Å². The number of hydrogen-bond donors (Lipinski definition) is 4. The van der Waals surface area contributed by atoms with E-state index in [4.69, 9.17) is 28.9 Å². The highest BCUT2D eigenvalue weighted by molar-refractivity contribution is 6.36. The molecule has 0 saturated heterocycles. The smallest absolute Gasteiger partial charge is 0.335 e. The van der Waals surface area contributed by atoms with E-state index in [2.05, 4.69) is 31.4 Å². The van der Waals surface area contributed by atoms with Gasteiger partial charge in [0.25, 0.3) is 0 Å². The summed E-state index contributed by atoms with van der Waals surface area (Å²) in [6.07, 6.45) is 2.70. The molecule has 4 rings (SSSR count). The Kier molecular flexibility index (Phi) is 5.82. The lowest BCUT2D eigenvalue weighted by Crippen LogP contribution is -2.62. The van der Waals surface area contributed by atoms with Crippen LogP contribution in [0.15, 0.2) is 36.4 Å². The summed E-state index contributed by atoms with van der Waals surface area (Å²) in [6.45, 7) is 6.64. The van der Waals surface area contributed by atoms with E-state index in [0.29, 0.717) is 45.7 Å². The van der Waals surface area contributed by atoms with E-state index in [1.54, 1.807) is 30.3 Å². The minimum absolute atomic E-state index is 0.106. The van der Waals surface area contributed by atoms with Crippen LogP contribution < -0.4 is 16.4 Å². The van der Waals surface area contributed by atoms with Crippen LogP contribution in [0.4, 0.5) is 11.4 Å². The van der Waals surface area contributed by atoms with Gasteiger partial charge in [0.1, 0.15) is 0 Å². The average molecular weight is 490 g/mol. The van der Waals surface area contributed by atoms with Crippen LogP contribution in [0.1, 0.15) is 62.4 Å². The van der Waals surface area contributed by atoms with Crippen molar-refractivity contribution in [2.24, 2.45) is 22.5 Å². The number of primary amides is 1. The Labute approximate surface area is 203 Å². The van der Waals surface area contributed by atoms with Gasteiger partial charge >= 0.3 is 5.97 Å². The van der Waals surface area contributed by atoms with Crippen molar-refractivity contribution in [1.29, 1.82) is 0 Å². The normalized spacial score (nSPS) is 26.8. The lowest BCUT2D eigenvalue weighted by molar-refractivity contribution is -0.134. The number of carboxylic acids is 1. The molecule has 2 aromatic rings. The minimum atomic E-state index is -1.23. The molecular weight excluding hydrogens is 461 g/mol. The van der Waals surface area contributed by atoms with Crippen LogP contribution in [0.25, 0.3) is 0 Å². The first-order valence-electron chi connectivity index (χ1n) is 11.1. The number of nitrogens with one attached hydrogen (secondary N) is 2. The summed E-state index contributed by atoms with van der Waals surface area (Å²) in [5.41, 5.74) is 5.89. The first-order valence-corrected chi connectivity index (χ1v) is 11.8. The lowest BCUT2D eigenvalue weighted by Gasteiger charge is -2.52. The predicted octanol–water partition coefficient (Wildman–Crippen LogP) is 6.09. The molecule has 33 heavy (non-hydrogen) atoms. The van der Waals surface area contributed by atoms with Gasteiger partial charge in [-0.15, -0.1) is 0 Å². The summed E-state index contributed by atoms with van der Waals surface area (Å²) in [7, 11) is 0. The number of amides is 1. The maximum Gasteiger partial charge on any atom is 0.335 e. The van der Waals surface area contributed by atoms with Crippen LogP contribution in [0, 0.1) is 16.7 Å². The monoisotopic (exact) mass is 489 g/mol. The summed E-state index contributed by atoms with van der Waals surface area (Å²) >= 11 is 13.4. The predicted molar refractivity (Wildman–Crippen MR) is 132 cm³/mol. The molecule has 1 aliphatic heterocycles. The van der Waals surface area contributed by atoms with E-state index in [1.165, 1.54) is 6.07 Å². The number of rotatable bonds is 4. The number of anilines is 2. The maximum absolute atomic E-state index is 13.3. The van der Waals surface area contributed by atoms with Gasteiger partial charge < -0.3 is 21.5 Å². The zero-order valence-corrected chi connectivity index (χ0v) is 20.5. The molecule has 2 aromatic carbocycles. The van der Waals surface area contributed by atoms with E-state index in [1.807, 2.05) is 0 Å². The molecule has 176 valence electrons. The maximum atomic E-state index is 13.3. The fourth-order valence-electron chi connectivity index (χ4n) is 5.57. The summed E-state index contributed by atoms with van der Waals surface area (Å²) in [4.78, 5) is 24.9. The van der Waals surface area contributed by atoms with E-state index in [0.717, 1.165) is 12.8 Å². The third-order valence-electron chi connectivity index (χ3n) is 7.50. The molecule has 1 amide bonds. The van der Waals surface area contributed by atoms with Crippen LogP contribution in [0.5, 0.6) is 0 Å². The van der Waals surface area contributed by atoms with Gasteiger partial charge in [0, 0.05) is 15.6 Å². The minimum Gasteiger partial charge on any atom is -0.478 e. The first-order chi connectivity index (χ1) is 15.4. The third kappa shape index (κ3) is 3.73. The second-order valence-corrected chi connectivity index (χ2v) is 11.1. The molecule has 2 aliphatic rings. The molecule has 1 unspecified atom stereocenters. The highest BCUT2D eigenvalue weighted by Gasteiger charge is 2.61. The van der Waals surface area contributed by atoms with Crippen LogP contribution in [0.2, 0.25) is 10.0 Å². The second-order valence-electron chi connectivity index (χ2n) is 10.2. The fourth-order valence-corrected chi connectivity index (χ4v) is 6.25. The average Bonchev–Trinajstić information content (AvgIpc) is 3.12. The Morgan fingerprint density at radius 1 is 1.03 bits per heavy atom. The summed E-state index contributed by atoms with van der Waals surface area (Å²) in [5.74, 6) is -1.05. The van der Waals surface area contributed by atoms with Gasteiger partial charge in [0.05, 0.1) is 22.4 Å². The van der Waals surface area contributed by atoms with Crippen LogP contribution in [-0.2, 0) is 10.5 Å². The van der Waals surface area contributed by atoms with Gasteiger partial charge in [-0.1, -0.05) is 50.0 Å². The van der Waals surface area contributed by atoms with Gasteiger partial charge in [-0.25, -0.2) is 4.79 Å².